The van der Waals surface area contributed by atoms with Crippen molar-refractivity contribution in [3.63, 3.8) is 0 Å². The number of piperidine rings is 1. The first-order valence-corrected chi connectivity index (χ1v) is 6.91. The van der Waals surface area contributed by atoms with Crippen molar-refractivity contribution in [2.75, 3.05) is 20.2 Å². The Morgan fingerprint density at radius 3 is 2.90 bits per heavy atom. The van der Waals surface area contributed by atoms with Crippen molar-refractivity contribution >= 4 is 5.91 Å². The van der Waals surface area contributed by atoms with Crippen LogP contribution in [0.1, 0.15) is 30.1 Å². The lowest BCUT2D eigenvalue weighted by Crippen LogP contribution is -2.49. The third-order valence-corrected chi connectivity index (χ3v) is 3.92. The molecule has 0 aromatic heterocycles. The fourth-order valence-electron chi connectivity index (χ4n) is 2.69. The summed E-state index contributed by atoms with van der Waals surface area (Å²) in [5.74, 6) is 0.117. The predicted molar refractivity (Wildman–Crippen MR) is 75.2 cm³/mol. The number of carbonyl (C=O) groups is 1. The molecule has 110 valence electrons. The van der Waals surface area contributed by atoms with Crippen LogP contribution in [0.25, 0.3) is 0 Å². The summed E-state index contributed by atoms with van der Waals surface area (Å²) in [6.07, 6.45) is 1.81. The molecule has 2 atom stereocenters. The molecule has 20 heavy (non-hydrogen) atoms. The summed E-state index contributed by atoms with van der Waals surface area (Å²) >= 11 is 0. The van der Waals surface area contributed by atoms with E-state index in [-0.39, 0.29) is 17.5 Å². The summed E-state index contributed by atoms with van der Waals surface area (Å²) < 4.78 is 18.9. The van der Waals surface area contributed by atoms with Gasteiger partial charge in [0.15, 0.2) is 0 Å². The second-order valence-corrected chi connectivity index (χ2v) is 5.36. The van der Waals surface area contributed by atoms with Crippen LogP contribution in [0.2, 0.25) is 0 Å². The molecule has 1 amide bonds. The lowest BCUT2D eigenvalue weighted by molar-refractivity contribution is 0.0569. The summed E-state index contributed by atoms with van der Waals surface area (Å²) in [5, 5.41) is 0. The van der Waals surface area contributed by atoms with Crippen LogP contribution in [0.5, 0.6) is 5.75 Å². The monoisotopic (exact) mass is 280 g/mol. The van der Waals surface area contributed by atoms with E-state index < -0.39 is 5.82 Å². The number of rotatable bonds is 3. The van der Waals surface area contributed by atoms with Crippen LogP contribution in [0.4, 0.5) is 4.39 Å². The Morgan fingerprint density at radius 1 is 1.55 bits per heavy atom. The van der Waals surface area contributed by atoms with Gasteiger partial charge in [0, 0.05) is 25.2 Å². The fourth-order valence-corrected chi connectivity index (χ4v) is 2.69. The molecule has 1 aromatic carbocycles. The zero-order valence-electron chi connectivity index (χ0n) is 11.9. The normalized spacial score (nSPS) is 22.7. The molecule has 1 fully saturated rings. The first-order chi connectivity index (χ1) is 9.56. The van der Waals surface area contributed by atoms with E-state index >= 15 is 0 Å². The zero-order chi connectivity index (χ0) is 14.7. The molecule has 1 heterocycles. The number of nitrogens with two attached hydrogens (primary N) is 1. The first-order valence-electron chi connectivity index (χ1n) is 6.91. The second kappa shape index (κ2) is 6.22. The Kier molecular flexibility index (Phi) is 4.60. The minimum absolute atomic E-state index is 0.00671. The van der Waals surface area contributed by atoms with Gasteiger partial charge in [-0.05, 0) is 30.9 Å². The first kappa shape index (κ1) is 14.8. The van der Waals surface area contributed by atoms with Gasteiger partial charge in [0.25, 0.3) is 5.91 Å². The summed E-state index contributed by atoms with van der Waals surface area (Å²) in [5.41, 5.74) is 5.83. The average Bonchev–Trinajstić information content (AvgIpc) is 2.46. The van der Waals surface area contributed by atoms with Gasteiger partial charge in [-0.2, -0.15) is 0 Å². The van der Waals surface area contributed by atoms with Crippen molar-refractivity contribution in [1.82, 2.24) is 4.90 Å². The minimum atomic E-state index is -0.552. The molecule has 0 spiro atoms. The minimum Gasteiger partial charge on any atom is -0.497 e. The van der Waals surface area contributed by atoms with Crippen LogP contribution >= 0.6 is 0 Å². The standard InChI is InChI=1S/C15H21FN2O2/c1-10-5-6-18(11(7-10)9-17)15(19)13-4-3-12(20-2)8-14(13)16/h3-4,8,10-11H,5-7,9,17H2,1-2H3. The highest BCUT2D eigenvalue weighted by atomic mass is 19.1. The summed E-state index contributed by atoms with van der Waals surface area (Å²) in [4.78, 5) is 14.2. The van der Waals surface area contributed by atoms with Gasteiger partial charge in [-0.3, -0.25) is 4.79 Å². The number of methoxy groups -OCH3 is 1. The van der Waals surface area contributed by atoms with Crippen molar-refractivity contribution in [2.24, 2.45) is 11.7 Å². The third-order valence-electron chi connectivity index (χ3n) is 3.92. The molecule has 1 aliphatic rings. The largest absolute Gasteiger partial charge is 0.497 e. The van der Waals surface area contributed by atoms with E-state index in [9.17, 15) is 9.18 Å². The van der Waals surface area contributed by atoms with Gasteiger partial charge in [-0.15, -0.1) is 0 Å². The molecule has 2 unspecified atom stereocenters. The van der Waals surface area contributed by atoms with Crippen molar-refractivity contribution in [2.45, 2.75) is 25.8 Å². The van der Waals surface area contributed by atoms with Crippen LogP contribution < -0.4 is 10.5 Å². The molecule has 1 saturated heterocycles. The Labute approximate surface area is 118 Å². The van der Waals surface area contributed by atoms with Crippen molar-refractivity contribution < 1.29 is 13.9 Å². The summed E-state index contributed by atoms with van der Waals surface area (Å²) in [6, 6.07) is 4.30. The SMILES string of the molecule is COc1ccc(C(=O)N2CCC(C)CC2CN)c(F)c1. The van der Waals surface area contributed by atoms with E-state index in [0.29, 0.717) is 24.8 Å². The quantitative estimate of drug-likeness (QED) is 0.921. The topological polar surface area (TPSA) is 55.6 Å². The molecule has 1 aliphatic heterocycles. The number of nitrogens with zero attached hydrogens (tertiary/aromatic N) is 1. The highest BCUT2D eigenvalue weighted by Gasteiger charge is 2.30. The van der Waals surface area contributed by atoms with E-state index in [4.69, 9.17) is 10.5 Å². The van der Waals surface area contributed by atoms with Gasteiger partial charge in [0.05, 0.1) is 12.7 Å². The highest BCUT2D eigenvalue weighted by Crippen LogP contribution is 2.25. The smallest absolute Gasteiger partial charge is 0.257 e. The molecular formula is C15H21FN2O2. The average molecular weight is 280 g/mol. The van der Waals surface area contributed by atoms with Crippen LogP contribution in [0.3, 0.4) is 0 Å². The van der Waals surface area contributed by atoms with E-state index in [1.165, 1.54) is 19.2 Å². The molecule has 2 rings (SSSR count). The molecule has 4 nitrogen and oxygen atoms in total. The van der Waals surface area contributed by atoms with Crippen molar-refractivity contribution in [3.8, 4) is 5.75 Å². The maximum Gasteiger partial charge on any atom is 0.257 e. The van der Waals surface area contributed by atoms with Crippen LogP contribution in [-0.2, 0) is 0 Å². The molecule has 5 heteroatoms. The van der Waals surface area contributed by atoms with Gasteiger partial charge in [0.2, 0.25) is 0 Å². The number of amides is 1. The number of carbonyl (C=O) groups excluding carboxylic acids is 1. The Morgan fingerprint density at radius 2 is 2.30 bits per heavy atom. The van der Waals surface area contributed by atoms with Gasteiger partial charge in [-0.1, -0.05) is 6.92 Å². The van der Waals surface area contributed by atoms with E-state index in [0.717, 1.165) is 12.8 Å². The van der Waals surface area contributed by atoms with E-state index in [1.807, 2.05) is 0 Å². The van der Waals surface area contributed by atoms with E-state index in [1.54, 1.807) is 11.0 Å². The van der Waals surface area contributed by atoms with Crippen LogP contribution in [-0.4, -0.2) is 37.0 Å². The van der Waals surface area contributed by atoms with Gasteiger partial charge in [0.1, 0.15) is 11.6 Å². The Bertz CT molecular complexity index is 493. The number of hydrogen-bond donors (Lipinski definition) is 1. The maximum atomic E-state index is 14.0. The lowest BCUT2D eigenvalue weighted by Gasteiger charge is -2.38. The number of halogens is 1. The number of ether oxygens (including phenoxy) is 1. The molecule has 1 aromatic rings. The summed E-state index contributed by atoms with van der Waals surface area (Å²) in [6.45, 7) is 3.19. The fraction of sp³-hybridized carbons (Fsp3) is 0.533. The maximum absolute atomic E-state index is 14.0. The molecular weight excluding hydrogens is 259 g/mol. The third kappa shape index (κ3) is 2.93. The lowest BCUT2D eigenvalue weighted by atomic mass is 9.92. The van der Waals surface area contributed by atoms with Crippen LogP contribution in [0.15, 0.2) is 18.2 Å². The molecule has 0 saturated carbocycles. The zero-order valence-corrected chi connectivity index (χ0v) is 11.9. The Hall–Kier alpha value is -1.62. The molecule has 2 N–H and O–H groups in total. The van der Waals surface area contributed by atoms with Gasteiger partial charge < -0.3 is 15.4 Å². The summed E-state index contributed by atoms with van der Waals surface area (Å²) in [7, 11) is 1.47. The number of hydrogen-bond acceptors (Lipinski definition) is 3. The van der Waals surface area contributed by atoms with Crippen LogP contribution in [0, 0.1) is 11.7 Å². The predicted octanol–water partition coefficient (Wildman–Crippen LogP) is 2.03. The number of benzene rings is 1. The second-order valence-electron chi connectivity index (χ2n) is 5.36. The van der Waals surface area contributed by atoms with Gasteiger partial charge >= 0.3 is 0 Å². The van der Waals surface area contributed by atoms with E-state index in [2.05, 4.69) is 6.92 Å². The molecule has 0 radical (unpaired) electrons. The Balaban J connectivity index is 2.22. The van der Waals surface area contributed by atoms with Crippen molar-refractivity contribution in [3.05, 3.63) is 29.6 Å². The molecule has 0 aliphatic carbocycles. The van der Waals surface area contributed by atoms with Gasteiger partial charge in [-0.25, -0.2) is 4.39 Å². The highest BCUT2D eigenvalue weighted by molar-refractivity contribution is 5.95. The molecule has 0 bridgehead atoms. The van der Waals surface area contributed by atoms with Crippen molar-refractivity contribution in [1.29, 1.82) is 0 Å². The number of likely N-dealkylation sites (tertiary alicyclic amines) is 1.